The van der Waals surface area contributed by atoms with Crippen LogP contribution < -0.4 is 10.6 Å². The Labute approximate surface area is 116 Å². The Bertz CT molecular complexity index is 289. The van der Waals surface area contributed by atoms with Gasteiger partial charge >= 0.3 is 0 Å². The Morgan fingerprint density at radius 1 is 1.32 bits per heavy atom. The van der Waals surface area contributed by atoms with Crippen molar-refractivity contribution in [1.82, 2.24) is 20.4 Å². The van der Waals surface area contributed by atoms with Crippen molar-refractivity contribution in [3.05, 3.63) is 0 Å². The quantitative estimate of drug-likeness (QED) is 0.675. The summed E-state index contributed by atoms with van der Waals surface area (Å²) in [5.74, 6) is 0.402. The lowest BCUT2D eigenvalue weighted by atomic mass is 10.0. The van der Waals surface area contributed by atoms with E-state index in [1.165, 1.54) is 0 Å². The van der Waals surface area contributed by atoms with Crippen molar-refractivity contribution in [2.24, 2.45) is 5.92 Å². The minimum atomic E-state index is 0.170. The maximum absolute atomic E-state index is 12.0. The Balaban J connectivity index is 1.55. The van der Waals surface area contributed by atoms with Gasteiger partial charge in [0.2, 0.25) is 5.91 Å². The molecule has 0 aliphatic carbocycles. The van der Waals surface area contributed by atoms with Crippen LogP contribution in [-0.2, 0) is 4.79 Å². The lowest BCUT2D eigenvalue weighted by Gasteiger charge is -2.32. The van der Waals surface area contributed by atoms with Gasteiger partial charge in [0.25, 0.3) is 0 Å². The molecule has 2 saturated heterocycles. The van der Waals surface area contributed by atoms with E-state index in [1.807, 2.05) is 0 Å². The smallest absolute Gasteiger partial charge is 0.224 e. The average molecular weight is 268 g/mol. The first-order valence-electron chi connectivity index (χ1n) is 7.59. The second-order valence-electron chi connectivity index (χ2n) is 5.93. The number of likely N-dealkylation sites (N-methyl/N-ethyl adjacent to an activating group) is 1. The van der Waals surface area contributed by atoms with Crippen LogP contribution in [0.1, 0.15) is 19.8 Å². The van der Waals surface area contributed by atoms with Gasteiger partial charge in [0.15, 0.2) is 0 Å². The van der Waals surface area contributed by atoms with Crippen molar-refractivity contribution in [2.45, 2.75) is 25.8 Å². The molecule has 0 spiro atoms. The van der Waals surface area contributed by atoms with Crippen molar-refractivity contribution in [3.63, 3.8) is 0 Å². The number of hydrogen-bond donors (Lipinski definition) is 2. The molecule has 1 amide bonds. The molecular formula is C14H28N4O. The van der Waals surface area contributed by atoms with E-state index in [-0.39, 0.29) is 11.8 Å². The highest BCUT2D eigenvalue weighted by atomic mass is 16.1. The van der Waals surface area contributed by atoms with E-state index in [9.17, 15) is 4.79 Å². The Morgan fingerprint density at radius 3 is 2.68 bits per heavy atom. The highest BCUT2D eigenvalue weighted by Gasteiger charge is 2.28. The van der Waals surface area contributed by atoms with Crippen LogP contribution >= 0.6 is 0 Å². The van der Waals surface area contributed by atoms with Gasteiger partial charge in [-0.25, -0.2) is 0 Å². The number of carbonyl (C=O) groups excluding carboxylic acids is 1. The summed E-state index contributed by atoms with van der Waals surface area (Å²) in [5, 5.41) is 6.41. The number of carbonyl (C=O) groups is 1. The van der Waals surface area contributed by atoms with Crippen molar-refractivity contribution >= 4 is 5.91 Å². The standard InChI is InChI=1S/C14H28N4O/c1-12-13(4-6-15-12)14(19)16-5-3-7-18-10-8-17(2)9-11-18/h12-13,15H,3-11H2,1-2H3,(H,16,19). The highest BCUT2D eigenvalue weighted by molar-refractivity contribution is 5.79. The predicted octanol–water partition coefficient (Wildman–Crippen LogP) is -0.262. The molecule has 2 rings (SSSR count). The summed E-state index contributed by atoms with van der Waals surface area (Å²) in [6.45, 7) is 9.64. The number of hydrogen-bond acceptors (Lipinski definition) is 4. The monoisotopic (exact) mass is 268 g/mol. The number of amides is 1. The first kappa shape index (κ1) is 14.8. The van der Waals surface area contributed by atoms with Gasteiger partial charge in [-0.3, -0.25) is 4.79 Å². The molecule has 2 N–H and O–H groups in total. The summed E-state index contributed by atoms with van der Waals surface area (Å²) in [7, 11) is 2.17. The molecule has 2 fully saturated rings. The summed E-state index contributed by atoms with van der Waals surface area (Å²) in [6, 6.07) is 0.331. The molecule has 0 aromatic carbocycles. The van der Waals surface area contributed by atoms with Crippen LogP contribution in [0.15, 0.2) is 0 Å². The molecule has 0 bridgehead atoms. The Morgan fingerprint density at radius 2 is 2.05 bits per heavy atom. The molecule has 5 heteroatoms. The summed E-state index contributed by atoms with van der Waals surface area (Å²) < 4.78 is 0. The van der Waals surface area contributed by atoms with E-state index in [1.54, 1.807) is 0 Å². The lowest BCUT2D eigenvalue weighted by molar-refractivity contribution is -0.125. The molecule has 0 radical (unpaired) electrons. The molecule has 0 aromatic rings. The predicted molar refractivity (Wildman–Crippen MR) is 77.1 cm³/mol. The third-order valence-electron chi connectivity index (χ3n) is 4.41. The second kappa shape index (κ2) is 7.22. The Kier molecular flexibility index (Phi) is 5.60. The first-order chi connectivity index (χ1) is 9.16. The largest absolute Gasteiger partial charge is 0.356 e. The fourth-order valence-corrected chi connectivity index (χ4v) is 2.93. The second-order valence-corrected chi connectivity index (χ2v) is 5.93. The zero-order valence-corrected chi connectivity index (χ0v) is 12.3. The normalized spacial score (nSPS) is 29.6. The van der Waals surface area contributed by atoms with Crippen molar-refractivity contribution in [2.75, 3.05) is 52.9 Å². The van der Waals surface area contributed by atoms with E-state index in [0.717, 1.165) is 58.7 Å². The average Bonchev–Trinajstić information content (AvgIpc) is 2.83. The fourth-order valence-electron chi connectivity index (χ4n) is 2.93. The number of nitrogens with one attached hydrogen (secondary N) is 2. The lowest BCUT2D eigenvalue weighted by Crippen LogP contribution is -2.45. The third kappa shape index (κ3) is 4.44. The van der Waals surface area contributed by atoms with Crippen LogP contribution in [0, 0.1) is 5.92 Å². The molecule has 2 atom stereocenters. The number of nitrogens with zero attached hydrogens (tertiary/aromatic N) is 2. The molecule has 2 heterocycles. The van der Waals surface area contributed by atoms with Gasteiger partial charge in [0.1, 0.15) is 0 Å². The topological polar surface area (TPSA) is 47.6 Å². The van der Waals surface area contributed by atoms with Gasteiger partial charge in [-0.05, 0) is 39.9 Å². The fraction of sp³-hybridized carbons (Fsp3) is 0.929. The minimum absolute atomic E-state index is 0.170. The molecule has 110 valence electrons. The number of piperazine rings is 1. The summed E-state index contributed by atoms with van der Waals surface area (Å²) in [5.41, 5.74) is 0. The van der Waals surface area contributed by atoms with E-state index in [2.05, 4.69) is 34.4 Å². The van der Waals surface area contributed by atoms with E-state index < -0.39 is 0 Å². The van der Waals surface area contributed by atoms with Crippen LogP contribution in [0.25, 0.3) is 0 Å². The molecule has 0 aromatic heterocycles. The summed E-state index contributed by atoms with van der Waals surface area (Å²) in [6.07, 6.45) is 2.04. The first-order valence-corrected chi connectivity index (χ1v) is 7.59. The van der Waals surface area contributed by atoms with Crippen LogP contribution in [-0.4, -0.2) is 74.6 Å². The maximum atomic E-state index is 12.0. The maximum Gasteiger partial charge on any atom is 0.224 e. The Hall–Kier alpha value is -0.650. The molecule has 2 unspecified atom stereocenters. The zero-order chi connectivity index (χ0) is 13.7. The summed E-state index contributed by atoms with van der Waals surface area (Å²) >= 11 is 0. The highest BCUT2D eigenvalue weighted by Crippen LogP contribution is 2.14. The SMILES string of the molecule is CC1NCCC1C(=O)NCCCN1CCN(C)CC1. The molecule has 2 aliphatic rings. The van der Waals surface area contributed by atoms with Gasteiger partial charge in [-0.2, -0.15) is 0 Å². The van der Waals surface area contributed by atoms with Crippen LogP contribution in [0.3, 0.4) is 0 Å². The van der Waals surface area contributed by atoms with E-state index >= 15 is 0 Å². The molecule has 0 saturated carbocycles. The van der Waals surface area contributed by atoms with Gasteiger partial charge < -0.3 is 20.4 Å². The van der Waals surface area contributed by atoms with Gasteiger partial charge in [-0.1, -0.05) is 0 Å². The van der Waals surface area contributed by atoms with Crippen LogP contribution in [0.2, 0.25) is 0 Å². The molecule has 2 aliphatic heterocycles. The summed E-state index contributed by atoms with van der Waals surface area (Å²) in [4.78, 5) is 16.8. The van der Waals surface area contributed by atoms with Crippen LogP contribution in [0.4, 0.5) is 0 Å². The van der Waals surface area contributed by atoms with Crippen molar-refractivity contribution in [1.29, 1.82) is 0 Å². The number of rotatable bonds is 5. The van der Waals surface area contributed by atoms with E-state index in [4.69, 9.17) is 0 Å². The molecular weight excluding hydrogens is 240 g/mol. The third-order valence-corrected chi connectivity index (χ3v) is 4.41. The van der Waals surface area contributed by atoms with Gasteiger partial charge in [0, 0.05) is 38.8 Å². The molecule has 19 heavy (non-hydrogen) atoms. The van der Waals surface area contributed by atoms with Crippen molar-refractivity contribution < 1.29 is 4.79 Å². The minimum Gasteiger partial charge on any atom is -0.356 e. The van der Waals surface area contributed by atoms with Crippen LogP contribution in [0.5, 0.6) is 0 Å². The van der Waals surface area contributed by atoms with E-state index in [0.29, 0.717) is 6.04 Å². The van der Waals surface area contributed by atoms with Gasteiger partial charge in [-0.15, -0.1) is 0 Å². The zero-order valence-electron chi connectivity index (χ0n) is 12.3. The van der Waals surface area contributed by atoms with Crippen molar-refractivity contribution in [3.8, 4) is 0 Å². The van der Waals surface area contributed by atoms with Gasteiger partial charge in [0.05, 0.1) is 5.92 Å². The molecule has 5 nitrogen and oxygen atoms in total.